The number of aromatic hydroxyl groups is 1. The molecule has 37 heavy (non-hydrogen) atoms. The Morgan fingerprint density at radius 1 is 0.973 bits per heavy atom. The predicted octanol–water partition coefficient (Wildman–Crippen LogP) is 5.33. The highest BCUT2D eigenvalue weighted by atomic mass is 16.5. The quantitative estimate of drug-likeness (QED) is 0.271. The fourth-order valence-corrected chi connectivity index (χ4v) is 5.18. The van der Waals surface area contributed by atoms with Crippen LogP contribution in [-0.2, 0) is 9.59 Å². The van der Waals surface area contributed by atoms with Crippen molar-refractivity contribution in [3.05, 3.63) is 89.0 Å². The fraction of sp³-hybridized carbons (Fsp3) is 0.267. The van der Waals surface area contributed by atoms with Crippen molar-refractivity contribution in [2.24, 2.45) is 0 Å². The molecule has 2 N–H and O–H groups in total. The molecule has 0 aromatic heterocycles. The fourth-order valence-electron chi connectivity index (χ4n) is 5.18. The van der Waals surface area contributed by atoms with Crippen LogP contribution in [0, 0.1) is 6.92 Å². The van der Waals surface area contributed by atoms with Crippen molar-refractivity contribution in [2.75, 3.05) is 29.5 Å². The minimum atomic E-state index is -0.906. The smallest absolute Gasteiger partial charge is 0.300 e. The van der Waals surface area contributed by atoms with Gasteiger partial charge in [0.2, 0.25) is 0 Å². The van der Waals surface area contributed by atoms with Gasteiger partial charge in [-0.25, -0.2) is 0 Å². The topological polar surface area (TPSA) is 90.3 Å². The van der Waals surface area contributed by atoms with Crippen LogP contribution in [0.3, 0.4) is 0 Å². The molecule has 0 bridgehead atoms. The van der Waals surface area contributed by atoms with Gasteiger partial charge in [0.25, 0.3) is 11.7 Å². The second kappa shape index (κ2) is 10.0. The van der Waals surface area contributed by atoms with Crippen molar-refractivity contribution in [1.29, 1.82) is 0 Å². The van der Waals surface area contributed by atoms with E-state index in [1.807, 2.05) is 38.1 Å². The van der Waals surface area contributed by atoms with Crippen molar-refractivity contribution >= 4 is 28.8 Å². The number of phenols is 1. The van der Waals surface area contributed by atoms with Crippen molar-refractivity contribution in [3.8, 4) is 11.5 Å². The minimum absolute atomic E-state index is 0.00406. The zero-order valence-electron chi connectivity index (χ0n) is 21.0. The number of nitrogens with zero attached hydrogens (tertiary/aromatic N) is 2. The first-order valence-electron chi connectivity index (χ1n) is 12.6. The van der Waals surface area contributed by atoms with Crippen LogP contribution >= 0.6 is 0 Å². The molecule has 2 aliphatic heterocycles. The highest BCUT2D eigenvalue weighted by molar-refractivity contribution is 6.51. The van der Waals surface area contributed by atoms with Crippen LogP contribution in [0.1, 0.15) is 42.5 Å². The standard InChI is InChI=1S/C30H30N2O5/c1-3-37-25-14-9-21(17-19(25)2)28(34)26-27(20-7-6-8-24(33)18-20)32(30(36)29(26)35)23-12-10-22(11-13-23)31-15-4-5-16-31/h6-14,17-18,27,33-34H,3-5,15-16H2,1-2H3/b28-26-. The van der Waals surface area contributed by atoms with Crippen molar-refractivity contribution in [3.63, 3.8) is 0 Å². The SMILES string of the molecule is CCOc1ccc(/C(O)=C2/C(=O)C(=O)N(c3ccc(N4CCCC4)cc3)C2c2cccc(O)c2)cc1C. The average molecular weight is 499 g/mol. The Morgan fingerprint density at radius 3 is 2.32 bits per heavy atom. The second-order valence-corrected chi connectivity index (χ2v) is 9.39. The summed E-state index contributed by atoms with van der Waals surface area (Å²) < 4.78 is 5.60. The van der Waals surface area contributed by atoms with E-state index in [1.54, 1.807) is 30.3 Å². The number of hydrogen-bond donors (Lipinski definition) is 2. The van der Waals surface area contributed by atoms with E-state index in [1.165, 1.54) is 17.0 Å². The first-order chi connectivity index (χ1) is 17.9. The molecule has 5 rings (SSSR count). The zero-order valence-corrected chi connectivity index (χ0v) is 21.0. The molecule has 190 valence electrons. The van der Waals surface area contributed by atoms with Crippen molar-refractivity contribution < 1.29 is 24.5 Å². The number of benzene rings is 3. The van der Waals surface area contributed by atoms with Crippen LogP contribution in [0.4, 0.5) is 11.4 Å². The number of carbonyl (C=O) groups is 2. The Bertz CT molecular complexity index is 1370. The molecule has 2 saturated heterocycles. The summed E-state index contributed by atoms with van der Waals surface area (Å²) in [5.74, 6) is -1.09. The van der Waals surface area contributed by atoms with E-state index in [9.17, 15) is 19.8 Å². The molecule has 0 radical (unpaired) electrons. The number of carbonyl (C=O) groups excluding carboxylic acids is 2. The average Bonchev–Trinajstić information content (AvgIpc) is 3.52. The molecule has 2 aliphatic rings. The van der Waals surface area contributed by atoms with E-state index < -0.39 is 17.7 Å². The van der Waals surface area contributed by atoms with E-state index in [2.05, 4.69) is 4.90 Å². The van der Waals surface area contributed by atoms with Gasteiger partial charge < -0.3 is 19.8 Å². The number of anilines is 2. The van der Waals surface area contributed by atoms with E-state index >= 15 is 0 Å². The van der Waals surface area contributed by atoms with Gasteiger partial charge in [0, 0.05) is 30.0 Å². The lowest BCUT2D eigenvalue weighted by Gasteiger charge is -2.26. The molecular formula is C30H30N2O5. The summed E-state index contributed by atoms with van der Waals surface area (Å²) in [6.07, 6.45) is 2.30. The first kappa shape index (κ1) is 24.4. The molecule has 1 amide bonds. The maximum absolute atomic E-state index is 13.4. The lowest BCUT2D eigenvalue weighted by Crippen LogP contribution is -2.29. The Kier molecular flexibility index (Phi) is 6.61. The molecule has 0 saturated carbocycles. The third kappa shape index (κ3) is 4.53. The first-order valence-corrected chi connectivity index (χ1v) is 12.6. The number of Topliss-reactive ketones (excluding diaryl/α,β-unsaturated/α-hetero) is 1. The molecule has 3 aromatic carbocycles. The predicted molar refractivity (Wildman–Crippen MR) is 143 cm³/mol. The molecule has 7 heteroatoms. The van der Waals surface area contributed by atoms with Gasteiger partial charge in [0.05, 0.1) is 18.2 Å². The lowest BCUT2D eigenvalue weighted by molar-refractivity contribution is -0.132. The van der Waals surface area contributed by atoms with Gasteiger partial charge >= 0.3 is 0 Å². The van der Waals surface area contributed by atoms with Crippen LogP contribution < -0.4 is 14.5 Å². The molecule has 1 unspecified atom stereocenters. The Hall–Kier alpha value is -4.26. The molecule has 0 aliphatic carbocycles. The number of aliphatic hydroxyl groups is 1. The second-order valence-electron chi connectivity index (χ2n) is 9.39. The highest BCUT2D eigenvalue weighted by Crippen LogP contribution is 2.43. The Morgan fingerprint density at radius 2 is 1.68 bits per heavy atom. The van der Waals surface area contributed by atoms with Crippen molar-refractivity contribution in [1.82, 2.24) is 0 Å². The highest BCUT2D eigenvalue weighted by Gasteiger charge is 2.47. The normalized spacial score (nSPS) is 19.0. The van der Waals surface area contributed by atoms with Crippen LogP contribution in [-0.4, -0.2) is 41.6 Å². The van der Waals surface area contributed by atoms with Crippen LogP contribution in [0.5, 0.6) is 11.5 Å². The molecular weight excluding hydrogens is 468 g/mol. The maximum Gasteiger partial charge on any atom is 0.300 e. The van der Waals surface area contributed by atoms with E-state index in [0.29, 0.717) is 29.2 Å². The number of phenolic OH excluding ortho intramolecular Hbond substituents is 1. The Balaban J connectivity index is 1.62. The minimum Gasteiger partial charge on any atom is -0.508 e. The summed E-state index contributed by atoms with van der Waals surface area (Å²) in [5.41, 5.74) is 3.31. The van der Waals surface area contributed by atoms with Crippen molar-refractivity contribution in [2.45, 2.75) is 32.7 Å². The van der Waals surface area contributed by atoms with Gasteiger partial charge in [0.1, 0.15) is 17.3 Å². The number of amides is 1. The van der Waals surface area contributed by atoms with Gasteiger partial charge in [-0.2, -0.15) is 0 Å². The van der Waals surface area contributed by atoms with Gasteiger partial charge in [-0.15, -0.1) is 0 Å². The largest absolute Gasteiger partial charge is 0.508 e. The molecule has 3 aromatic rings. The molecule has 7 nitrogen and oxygen atoms in total. The monoisotopic (exact) mass is 498 g/mol. The number of rotatable bonds is 6. The van der Waals surface area contributed by atoms with Gasteiger partial charge in [0.15, 0.2) is 0 Å². The summed E-state index contributed by atoms with van der Waals surface area (Å²) in [5, 5.41) is 21.6. The van der Waals surface area contributed by atoms with Gasteiger partial charge in [-0.1, -0.05) is 12.1 Å². The number of ether oxygens (including phenoxy) is 1. The van der Waals surface area contributed by atoms with E-state index in [0.717, 1.165) is 37.2 Å². The van der Waals surface area contributed by atoms with Gasteiger partial charge in [-0.05, 0) is 92.4 Å². The van der Waals surface area contributed by atoms with Crippen LogP contribution in [0.25, 0.3) is 5.76 Å². The molecule has 1 atom stereocenters. The molecule has 2 fully saturated rings. The molecule has 0 spiro atoms. The number of aliphatic hydroxyl groups excluding tert-OH is 1. The summed E-state index contributed by atoms with van der Waals surface area (Å²) >= 11 is 0. The zero-order chi connectivity index (χ0) is 26.1. The number of hydrogen-bond acceptors (Lipinski definition) is 6. The summed E-state index contributed by atoms with van der Waals surface area (Å²) in [4.78, 5) is 30.5. The third-order valence-electron chi connectivity index (χ3n) is 6.98. The Labute approximate surface area is 216 Å². The number of ketones is 1. The van der Waals surface area contributed by atoms with E-state index in [-0.39, 0.29) is 17.1 Å². The number of aryl methyl sites for hydroxylation is 1. The van der Waals surface area contributed by atoms with E-state index in [4.69, 9.17) is 4.74 Å². The van der Waals surface area contributed by atoms with Crippen LogP contribution in [0.2, 0.25) is 0 Å². The summed E-state index contributed by atoms with van der Waals surface area (Å²) in [6, 6.07) is 18.2. The lowest BCUT2D eigenvalue weighted by atomic mass is 9.94. The summed E-state index contributed by atoms with van der Waals surface area (Å²) in [6.45, 7) is 6.24. The summed E-state index contributed by atoms with van der Waals surface area (Å²) in [7, 11) is 0. The maximum atomic E-state index is 13.4. The van der Waals surface area contributed by atoms with Crippen LogP contribution in [0.15, 0.2) is 72.3 Å². The van der Waals surface area contributed by atoms with Gasteiger partial charge in [-0.3, -0.25) is 14.5 Å². The third-order valence-corrected chi connectivity index (χ3v) is 6.98. The molecule has 2 heterocycles.